The van der Waals surface area contributed by atoms with Gasteiger partial charge in [-0.25, -0.2) is 4.98 Å². The first-order valence-corrected chi connectivity index (χ1v) is 13.3. The first-order valence-electron chi connectivity index (χ1n) is 13.3. The van der Waals surface area contributed by atoms with Gasteiger partial charge in [-0.1, -0.05) is 54.6 Å². The SMILES string of the molecule is NC(=O)c1cccc(-n2cnc3c2C(=O)CC(c2ccc(-c4ccccc4CN4CC[C@@H](O)C4)cc2)NC3)c1. The van der Waals surface area contributed by atoms with E-state index in [0.29, 0.717) is 42.1 Å². The molecule has 4 aromatic rings. The number of aromatic nitrogens is 2. The average Bonchev–Trinajstić information content (AvgIpc) is 3.53. The predicted molar refractivity (Wildman–Crippen MR) is 148 cm³/mol. The molecule has 1 fully saturated rings. The molecule has 39 heavy (non-hydrogen) atoms. The highest BCUT2D eigenvalue weighted by Crippen LogP contribution is 2.30. The minimum atomic E-state index is -0.517. The fourth-order valence-electron chi connectivity index (χ4n) is 5.66. The zero-order chi connectivity index (χ0) is 26.9. The normalized spacial score (nSPS) is 19.6. The van der Waals surface area contributed by atoms with E-state index in [9.17, 15) is 14.7 Å². The number of nitrogens with zero attached hydrogens (tertiary/aromatic N) is 3. The van der Waals surface area contributed by atoms with E-state index < -0.39 is 5.91 Å². The van der Waals surface area contributed by atoms with Crippen molar-refractivity contribution in [2.75, 3.05) is 13.1 Å². The number of imidazole rings is 1. The van der Waals surface area contributed by atoms with Gasteiger partial charge in [0.15, 0.2) is 5.78 Å². The van der Waals surface area contributed by atoms with Crippen molar-refractivity contribution in [3.05, 3.63) is 107 Å². The third kappa shape index (κ3) is 5.14. The largest absolute Gasteiger partial charge is 0.392 e. The highest BCUT2D eigenvalue weighted by molar-refractivity contribution is 5.97. The Bertz CT molecular complexity index is 1530. The van der Waals surface area contributed by atoms with Crippen LogP contribution in [0.15, 0.2) is 79.1 Å². The van der Waals surface area contributed by atoms with Gasteiger partial charge in [-0.05, 0) is 46.9 Å². The summed E-state index contributed by atoms with van der Waals surface area (Å²) in [7, 11) is 0. The highest BCUT2D eigenvalue weighted by atomic mass is 16.3. The molecule has 1 amide bonds. The van der Waals surface area contributed by atoms with Crippen molar-refractivity contribution in [2.45, 2.75) is 38.1 Å². The monoisotopic (exact) mass is 521 g/mol. The lowest BCUT2D eigenvalue weighted by atomic mass is 9.95. The number of amides is 1. The van der Waals surface area contributed by atoms with Crippen molar-refractivity contribution < 1.29 is 14.7 Å². The molecule has 8 heteroatoms. The first kappa shape index (κ1) is 25.2. The number of hydrogen-bond acceptors (Lipinski definition) is 6. The molecule has 8 nitrogen and oxygen atoms in total. The quantitative estimate of drug-likeness (QED) is 0.357. The van der Waals surface area contributed by atoms with Crippen LogP contribution in [0, 0.1) is 0 Å². The number of aliphatic hydroxyl groups is 1. The Hall–Kier alpha value is -4.11. The van der Waals surface area contributed by atoms with Gasteiger partial charge in [0.05, 0.1) is 11.8 Å². The first-order chi connectivity index (χ1) is 19.0. The molecule has 3 aromatic carbocycles. The van der Waals surface area contributed by atoms with Crippen LogP contribution in [0.1, 0.15) is 56.6 Å². The third-order valence-electron chi connectivity index (χ3n) is 7.70. The molecule has 2 aliphatic rings. The summed E-state index contributed by atoms with van der Waals surface area (Å²) in [6, 6.07) is 23.6. The van der Waals surface area contributed by atoms with E-state index in [1.165, 1.54) is 11.1 Å². The second kappa shape index (κ2) is 10.6. The number of carbonyl (C=O) groups is 2. The number of primary amides is 1. The van der Waals surface area contributed by atoms with E-state index in [4.69, 9.17) is 5.73 Å². The van der Waals surface area contributed by atoms with Gasteiger partial charge < -0.3 is 16.2 Å². The molecule has 0 radical (unpaired) electrons. The Labute approximate surface area is 227 Å². The molecule has 0 saturated carbocycles. The Morgan fingerprint density at radius 3 is 2.67 bits per heavy atom. The van der Waals surface area contributed by atoms with Gasteiger partial charge in [0.25, 0.3) is 0 Å². The number of β-amino-alcohol motifs (C(OH)–C–C–N with tert-alkyl or cyclic N) is 1. The summed E-state index contributed by atoms with van der Waals surface area (Å²) in [4.78, 5) is 31.9. The fourth-order valence-corrected chi connectivity index (χ4v) is 5.66. The van der Waals surface area contributed by atoms with Gasteiger partial charge in [-0.15, -0.1) is 0 Å². The van der Waals surface area contributed by atoms with Gasteiger partial charge >= 0.3 is 0 Å². The molecule has 1 unspecified atom stereocenters. The van der Waals surface area contributed by atoms with Crippen LogP contribution in [0.5, 0.6) is 0 Å². The highest BCUT2D eigenvalue weighted by Gasteiger charge is 2.28. The van der Waals surface area contributed by atoms with E-state index in [0.717, 1.165) is 30.6 Å². The van der Waals surface area contributed by atoms with Crippen molar-refractivity contribution >= 4 is 11.7 Å². The number of nitrogens with two attached hydrogens (primary N) is 1. The second-order valence-electron chi connectivity index (χ2n) is 10.3. The number of aliphatic hydroxyl groups excluding tert-OH is 1. The van der Waals surface area contributed by atoms with Crippen LogP contribution in [-0.2, 0) is 13.1 Å². The zero-order valence-electron chi connectivity index (χ0n) is 21.6. The maximum Gasteiger partial charge on any atom is 0.248 e. The van der Waals surface area contributed by atoms with Crippen molar-refractivity contribution in [3.63, 3.8) is 0 Å². The molecule has 4 N–H and O–H groups in total. The van der Waals surface area contributed by atoms with Gasteiger partial charge in [-0.2, -0.15) is 0 Å². The van der Waals surface area contributed by atoms with Gasteiger partial charge in [0.2, 0.25) is 5.91 Å². The lowest BCUT2D eigenvalue weighted by Crippen LogP contribution is -2.21. The minimum absolute atomic E-state index is 0.01000. The van der Waals surface area contributed by atoms with Crippen LogP contribution < -0.4 is 11.1 Å². The summed E-state index contributed by atoms with van der Waals surface area (Å²) < 4.78 is 1.74. The molecule has 2 aliphatic heterocycles. The molecule has 0 bridgehead atoms. The van der Waals surface area contributed by atoms with Crippen LogP contribution in [0.25, 0.3) is 16.8 Å². The molecule has 6 rings (SSSR count). The Morgan fingerprint density at radius 1 is 1.08 bits per heavy atom. The average molecular weight is 522 g/mol. The van der Waals surface area contributed by atoms with Gasteiger partial charge in [-0.3, -0.25) is 19.1 Å². The van der Waals surface area contributed by atoms with Crippen LogP contribution >= 0.6 is 0 Å². The summed E-state index contributed by atoms with van der Waals surface area (Å²) >= 11 is 0. The van der Waals surface area contributed by atoms with E-state index in [-0.39, 0.29) is 17.9 Å². The molecular formula is C31H31N5O3. The second-order valence-corrected chi connectivity index (χ2v) is 10.3. The third-order valence-corrected chi connectivity index (χ3v) is 7.70. The van der Waals surface area contributed by atoms with Crippen LogP contribution in [-0.4, -0.2) is 50.4 Å². The molecule has 198 valence electrons. The molecule has 1 aromatic heterocycles. The van der Waals surface area contributed by atoms with Gasteiger partial charge in [0, 0.05) is 49.9 Å². The van der Waals surface area contributed by atoms with Crippen molar-refractivity contribution in [1.82, 2.24) is 19.8 Å². The summed E-state index contributed by atoms with van der Waals surface area (Å²) in [5.74, 6) is -0.527. The number of likely N-dealkylation sites (tertiary alicyclic amines) is 1. The Kier molecular flexibility index (Phi) is 6.83. The molecule has 2 atom stereocenters. The standard InChI is InChI=1S/C31H31N5O3/c32-31(39)22-5-3-6-24(14-22)36-19-34-28-16-33-27(15-29(38)30(28)36)21-10-8-20(9-11-21)26-7-2-1-4-23(26)17-35-13-12-25(37)18-35/h1-11,14,19,25,27,33,37H,12-13,15-18H2,(H2,32,39)/t25-,27?/m1/s1. The van der Waals surface area contributed by atoms with Crippen LogP contribution in [0.2, 0.25) is 0 Å². The van der Waals surface area contributed by atoms with Crippen LogP contribution in [0.3, 0.4) is 0 Å². The molecular weight excluding hydrogens is 490 g/mol. The number of rotatable bonds is 6. The number of fused-ring (bicyclic) bond motifs is 1. The maximum atomic E-state index is 13.5. The smallest absolute Gasteiger partial charge is 0.248 e. The topological polar surface area (TPSA) is 113 Å². The predicted octanol–water partition coefficient (Wildman–Crippen LogP) is 3.62. The number of hydrogen-bond donors (Lipinski definition) is 3. The lowest BCUT2D eigenvalue weighted by molar-refractivity contribution is 0.0965. The molecule has 1 saturated heterocycles. The zero-order valence-corrected chi connectivity index (χ0v) is 21.6. The van der Waals surface area contributed by atoms with Crippen molar-refractivity contribution in [1.29, 1.82) is 0 Å². The van der Waals surface area contributed by atoms with Crippen LogP contribution in [0.4, 0.5) is 0 Å². The van der Waals surface area contributed by atoms with Crippen molar-refractivity contribution in [3.8, 4) is 16.8 Å². The summed E-state index contributed by atoms with van der Waals surface area (Å²) in [6.45, 7) is 2.89. The molecule has 0 aliphatic carbocycles. The lowest BCUT2D eigenvalue weighted by Gasteiger charge is -2.19. The van der Waals surface area contributed by atoms with Crippen molar-refractivity contribution in [2.24, 2.45) is 5.73 Å². The van der Waals surface area contributed by atoms with E-state index in [1.807, 2.05) is 6.07 Å². The summed E-state index contributed by atoms with van der Waals surface area (Å²) in [5, 5.41) is 13.4. The molecule has 0 spiro atoms. The number of benzene rings is 3. The summed E-state index contributed by atoms with van der Waals surface area (Å²) in [6.07, 6.45) is 2.51. The minimum Gasteiger partial charge on any atom is -0.392 e. The maximum absolute atomic E-state index is 13.5. The fraction of sp³-hybridized carbons (Fsp3) is 0.258. The van der Waals surface area contributed by atoms with E-state index in [2.05, 4.69) is 63.7 Å². The number of Topliss-reactive ketones (excluding diaryl/α,β-unsaturated/α-hetero) is 1. The Morgan fingerprint density at radius 2 is 1.90 bits per heavy atom. The van der Waals surface area contributed by atoms with E-state index >= 15 is 0 Å². The number of ketones is 1. The van der Waals surface area contributed by atoms with Gasteiger partial charge in [0.1, 0.15) is 12.0 Å². The number of nitrogens with one attached hydrogen (secondary N) is 1. The number of carbonyl (C=O) groups excluding carboxylic acids is 2. The summed E-state index contributed by atoms with van der Waals surface area (Å²) in [5.41, 5.74) is 12.3. The van der Waals surface area contributed by atoms with E-state index in [1.54, 1.807) is 29.1 Å². The molecule has 3 heterocycles. The Balaban J connectivity index is 1.21.